The van der Waals surface area contributed by atoms with Crippen LogP contribution >= 0.6 is 11.5 Å². The van der Waals surface area contributed by atoms with Crippen molar-refractivity contribution in [2.24, 2.45) is 0 Å². The predicted molar refractivity (Wildman–Crippen MR) is 59.7 cm³/mol. The van der Waals surface area contributed by atoms with Crippen LogP contribution in [0.25, 0.3) is 0 Å². The maximum atomic E-state index is 11.8. The van der Waals surface area contributed by atoms with Gasteiger partial charge in [0.1, 0.15) is 21.7 Å². The number of anilines is 1. The van der Waals surface area contributed by atoms with E-state index in [0.717, 1.165) is 17.7 Å². The maximum absolute atomic E-state index is 11.8. The number of nitrogens with zero attached hydrogens (tertiary/aromatic N) is 4. The van der Waals surface area contributed by atoms with Gasteiger partial charge in [-0.1, -0.05) is 4.49 Å². The van der Waals surface area contributed by atoms with Crippen LogP contribution in [0, 0.1) is 11.3 Å². The van der Waals surface area contributed by atoms with Crippen LogP contribution in [-0.2, 0) is 10.0 Å². The number of aromatic nitrogens is 3. The Kier molecular flexibility index (Phi) is 2.99. The number of nitriles is 1. The van der Waals surface area contributed by atoms with Crippen LogP contribution in [0.1, 0.15) is 5.69 Å². The van der Waals surface area contributed by atoms with Crippen LogP contribution in [0.2, 0.25) is 0 Å². The topological polar surface area (TPSA) is 109 Å². The van der Waals surface area contributed by atoms with Gasteiger partial charge in [0.25, 0.3) is 10.0 Å². The predicted octanol–water partition coefficient (Wildman–Crippen LogP) is 0.606. The summed E-state index contributed by atoms with van der Waals surface area (Å²) >= 11 is 0.928. The molecule has 2 aromatic heterocycles. The summed E-state index contributed by atoms with van der Waals surface area (Å²) in [5, 5.41) is 12.4. The normalized spacial score (nSPS) is 10.8. The summed E-state index contributed by atoms with van der Waals surface area (Å²) in [6.45, 7) is 0. The lowest BCUT2D eigenvalue weighted by Crippen LogP contribution is -2.12. The summed E-state index contributed by atoms with van der Waals surface area (Å²) in [6, 6.07) is 4.45. The maximum Gasteiger partial charge on any atom is 0.264 e. The monoisotopic (exact) mass is 267 g/mol. The highest BCUT2D eigenvalue weighted by Crippen LogP contribution is 2.16. The molecule has 0 saturated carbocycles. The third-order valence-electron chi connectivity index (χ3n) is 1.76. The highest BCUT2D eigenvalue weighted by molar-refractivity contribution is 7.93. The van der Waals surface area contributed by atoms with Crippen molar-refractivity contribution in [3.63, 3.8) is 0 Å². The van der Waals surface area contributed by atoms with Gasteiger partial charge in [-0.2, -0.15) is 5.26 Å². The van der Waals surface area contributed by atoms with E-state index < -0.39 is 10.0 Å². The Hall–Kier alpha value is -2.05. The molecule has 2 rings (SSSR count). The molecule has 2 aromatic rings. The van der Waals surface area contributed by atoms with E-state index in [9.17, 15) is 8.42 Å². The lowest BCUT2D eigenvalue weighted by molar-refractivity contribution is 0.601. The number of pyridine rings is 1. The van der Waals surface area contributed by atoms with Crippen molar-refractivity contribution in [1.82, 2.24) is 14.6 Å². The zero-order valence-electron chi connectivity index (χ0n) is 8.23. The second-order valence-corrected chi connectivity index (χ2v) is 5.35. The first-order valence-electron chi connectivity index (χ1n) is 4.28. The van der Waals surface area contributed by atoms with Gasteiger partial charge in [0.2, 0.25) is 0 Å². The van der Waals surface area contributed by atoms with Gasteiger partial charge >= 0.3 is 0 Å². The van der Waals surface area contributed by atoms with Gasteiger partial charge in [-0.05, 0) is 12.1 Å². The van der Waals surface area contributed by atoms with Crippen LogP contribution in [0.3, 0.4) is 0 Å². The van der Waals surface area contributed by atoms with Crippen molar-refractivity contribution in [2.45, 2.75) is 4.90 Å². The fourth-order valence-corrected chi connectivity index (χ4v) is 2.64. The molecule has 0 aliphatic heterocycles. The fraction of sp³-hybridized carbons (Fsp3) is 0. The highest BCUT2D eigenvalue weighted by Gasteiger charge is 2.15. The van der Waals surface area contributed by atoms with Crippen LogP contribution in [-0.4, -0.2) is 23.0 Å². The molecular formula is C8H5N5O2S2. The number of hydrogen-bond donors (Lipinski definition) is 1. The third kappa shape index (κ3) is 2.55. The van der Waals surface area contributed by atoms with E-state index in [0.29, 0.717) is 5.00 Å². The molecule has 0 fully saturated rings. The van der Waals surface area contributed by atoms with Crippen LogP contribution < -0.4 is 4.72 Å². The first-order valence-corrected chi connectivity index (χ1v) is 6.54. The van der Waals surface area contributed by atoms with Crippen LogP contribution in [0.4, 0.5) is 5.00 Å². The molecular weight excluding hydrogens is 262 g/mol. The zero-order chi connectivity index (χ0) is 12.3. The van der Waals surface area contributed by atoms with Crippen molar-refractivity contribution in [3.05, 3.63) is 30.2 Å². The lowest BCUT2D eigenvalue weighted by atomic mass is 10.4. The van der Waals surface area contributed by atoms with Crippen LogP contribution in [0.5, 0.6) is 0 Å². The molecule has 0 aliphatic rings. The summed E-state index contributed by atoms with van der Waals surface area (Å²) in [4.78, 5) is 3.66. The van der Waals surface area contributed by atoms with Gasteiger partial charge in [-0.25, -0.2) is 13.4 Å². The molecule has 17 heavy (non-hydrogen) atoms. The lowest BCUT2D eigenvalue weighted by Gasteiger charge is -2.03. The molecule has 0 unspecified atom stereocenters. The number of nitrogens with one attached hydrogen (secondary N) is 1. The van der Waals surface area contributed by atoms with E-state index in [-0.39, 0.29) is 10.6 Å². The van der Waals surface area contributed by atoms with Crippen molar-refractivity contribution in [1.29, 1.82) is 5.26 Å². The molecule has 0 aromatic carbocycles. The largest absolute Gasteiger partial charge is 0.268 e. The van der Waals surface area contributed by atoms with E-state index in [1.54, 1.807) is 6.07 Å². The Morgan fingerprint density at radius 2 is 2.18 bits per heavy atom. The summed E-state index contributed by atoms with van der Waals surface area (Å²) < 4.78 is 29.5. The second-order valence-electron chi connectivity index (χ2n) is 2.88. The molecule has 0 aliphatic carbocycles. The van der Waals surface area contributed by atoms with Gasteiger partial charge < -0.3 is 0 Å². The summed E-state index contributed by atoms with van der Waals surface area (Å²) in [5.74, 6) is 0. The third-order valence-corrected chi connectivity index (χ3v) is 3.82. The molecule has 86 valence electrons. The Balaban J connectivity index is 2.29. The average Bonchev–Trinajstić information content (AvgIpc) is 2.81. The summed E-state index contributed by atoms with van der Waals surface area (Å²) in [7, 11) is -3.70. The van der Waals surface area contributed by atoms with Crippen LogP contribution in [0.15, 0.2) is 29.4 Å². The highest BCUT2D eigenvalue weighted by atomic mass is 32.2. The zero-order valence-corrected chi connectivity index (χ0v) is 9.86. The molecule has 0 bridgehead atoms. The van der Waals surface area contributed by atoms with Crippen molar-refractivity contribution in [3.8, 4) is 6.07 Å². The first-order chi connectivity index (χ1) is 8.12. The Morgan fingerprint density at radius 3 is 2.71 bits per heavy atom. The Labute approximate surface area is 101 Å². The molecule has 9 heteroatoms. The minimum absolute atomic E-state index is 0.0232. The molecule has 0 spiro atoms. The van der Waals surface area contributed by atoms with E-state index >= 15 is 0 Å². The molecule has 1 N–H and O–H groups in total. The fourth-order valence-electron chi connectivity index (χ4n) is 1.01. The van der Waals surface area contributed by atoms with E-state index in [1.165, 1.54) is 18.3 Å². The van der Waals surface area contributed by atoms with Crippen molar-refractivity contribution < 1.29 is 8.42 Å². The number of hydrogen-bond acceptors (Lipinski definition) is 7. The quantitative estimate of drug-likeness (QED) is 0.872. The van der Waals surface area contributed by atoms with Crippen molar-refractivity contribution >= 4 is 26.6 Å². The molecule has 2 heterocycles. The minimum atomic E-state index is -3.70. The van der Waals surface area contributed by atoms with E-state index in [2.05, 4.69) is 19.3 Å². The second kappa shape index (κ2) is 4.44. The Morgan fingerprint density at radius 1 is 1.35 bits per heavy atom. The van der Waals surface area contributed by atoms with E-state index in [4.69, 9.17) is 5.26 Å². The summed E-state index contributed by atoms with van der Waals surface area (Å²) in [5.41, 5.74) is 0.156. The Bertz CT molecular complexity index is 642. The molecule has 7 nitrogen and oxygen atoms in total. The summed E-state index contributed by atoms with van der Waals surface area (Å²) in [6.07, 6.45) is 2.43. The van der Waals surface area contributed by atoms with Gasteiger partial charge in [0.15, 0.2) is 0 Å². The van der Waals surface area contributed by atoms with Gasteiger partial charge in [-0.3, -0.25) is 4.72 Å². The number of rotatable bonds is 3. The first kappa shape index (κ1) is 11.4. The van der Waals surface area contributed by atoms with Gasteiger partial charge in [0, 0.05) is 17.7 Å². The SMILES string of the molecule is N#Cc1ccc(S(=O)(=O)Nc2cnns2)cn1. The van der Waals surface area contributed by atoms with Gasteiger partial charge in [-0.15, -0.1) is 5.10 Å². The number of sulfonamides is 1. The molecule has 0 saturated heterocycles. The van der Waals surface area contributed by atoms with Crippen molar-refractivity contribution in [2.75, 3.05) is 4.72 Å². The molecule has 0 amide bonds. The van der Waals surface area contributed by atoms with Gasteiger partial charge in [0.05, 0.1) is 6.20 Å². The minimum Gasteiger partial charge on any atom is -0.268 e. The standard InChI is InChI=1S/C8H5N5O2S2/c9-3-6-1-2-7(4-10-6)17(14,15)12-8-5-11-13-16-8/h1-2,4-5,12H. The average molecular weight is 267 g/mol. The molecule has 0 radical (unpaired) electrons. The molecule has 0 atom stereocenters. The van der Waals surface area contributed by atoms with E-state index in [1.807, 2.05) is 0 Å². The smallest absolute Gasteiger partial charge is 0.264 e.